The minimum Gasteiger partial charge on any atom is -0.351 e. The molecular formula is C14H22N2OS. The topological polar surface area (TPSA) is 32.3 Å². The van der Waals surface area contributed by atoms with Crippen molar-refractivity contribution in [3.05, 3.63) is 21.9 Å². The molecule has 4 heteroatoms. The second kappa shape index (κ2) is 6.90. The van der Waals surface area contributed by atoms with Gasteiger partial charge in [-0.05, 0) is 38.4 Å². The summed E-state index contributed by atoms with van der Waals surface area (Å²) in [6, 6.07) is 2.00. The molecule has 0 unspecified atom stereocenters. The second-order valence-corrected chi connectivity index (χ2v) is 5.81. The Morgan fingerprint density at radius 1 is 1.39 bits per heavy atom. The van der Waals surface area contributed by atoms with Crippen LogP contribution in [0, 0.1) is 0 Å². The molecule has 1 N–H and O–H groups in total. The summed E-state index contributed by atoms with van der Waals surface area (Å²) in [5.41, 5.74) is 0.815. The standard InChI is InChI=1S/C14H22N2OS/c1-2-13-10-12(11-18-13)14(17)15-6-9-16-7-4-3-5-8-16/h10-11H,2-9H2,1H3,(H,15,17). The Labute approximate surface area is 113 Å². The summed E-state index contributed by atoms with van der Waals surface area (Å²) in [6.45, 7) is 6.24. The maximum Gasteiger partial charge on any atom is 0.252 e. The van der Waals surface area contributed by atoms with Crippen LogP contribution in [0.2, 0.25) is 0 Å². The fraction of sp³-hybridized carbons (Fsp3) is 0.643. The highest BCUT2D eigenvalue weighted by Gasteiger charge is 2.11. The van der Waals surface area contributed by atoms with Crippen LogP contribution in [0.25, 0.3) is 0 Å². The van der Waals surface area contributed by atoms with Crippen LogP contribution in [-0.2, 0) is 6.42 Å². The van der Waals surface area contributed by atoms with E-state index in [1.165, 1.54) is 37.2 Å². The first-order chi connectivity index (χ1) is 8.79. The first kappa shape index (κ1) is 13.6. The van der Waals surface area contributed by atoms with E-state index in [-0.39, 0.29) is 5.91 Å². The lowest BCUT2D eigenvalue weighted by Crippen LogP contribution is -2.37. The number of nitrogens with one attached hydrogen (secondary N) is 1. The molecule has 0 atom stereocenters. The Kier molecular flexibility index (Phi) is 5.20. The molecule has 0 aromatic carbocycles. The molecule has 1 saturated heterocycles. The molecule has 2 heterocycles. The highest BCUT2D eigenvalue weighted by atomic mass is 32.1. The quantitative estimate of drug-likeness (QED) is 0.888. The Morgan fingerprint density at radius 2 is 2.17 bits per heavy atom. The van der Waals surface area contributed by atoms with Gasteiger partial charge in [-0.15, -0.1) is 11.3 Å². The zero-order chi connectivity index (χ0) is 12.8. The number of thiophene rings is 1. The van der Waals surface area contributed by atoms with E-state index in [0.29, 0.717) is 0 Å². The van der Waals surface area contributed by atoms with Crippen molar-refractivity contribution in [2.45, 2.75) is 32.6 Å². The van der Waals surface area contributed by atoms with Crippen LogP contribution in [0.1, 0.15) is 41.4 Å². The van der Waals surface area contributed by atoms with Gasteiger partial charge in [0.1, 0.15) is 0 Å². The molecule has 1 aromatic rings. The number of hydrogen-bond acceptors (Lipinski definition) is 3. The number of carbonyl (C=O) groups excluding carboxylic acids is 1. The molecule has 0 radical (unpaired) electrons. The molecule has 1 aromatic heterocycles. The largest absolute Gasteiger partial charge is 0.351 e. The van der Waals surface area contributed by atoms with Crippen LogP contribution < -0.4 is 5.32 Å². The van der Waals surface area contributed by atoms with E-state index in [4.69, 9.17) is 0 Å². The number of amides is 1. The first-order valence-electron chi connectivity index (χ1n) is 6.87. The normalized spacial score (nSPS) is 16.7. The van der Waals surface area contributed by atoms with E-state index in [0.717, 1.165) is 25.1 Å². The van der Waals surface area contributed by atoms with Crippen LogP contribution in [0.15, 0.2) is 11.4 Å². The number of piperidine rings is 1. The maximum absolute atomic E-state index is 11.9. The Morgan fingerprint density at radius 3 is 2.83 bits per heavy atom. The molecule has 1 aliphatic rings. The summed E-state index contributed by atoms with van der Waals surface area (Å²) < 4.78 is 0. The molecule has 0 bridgehead atoms. The summed E-state index contributed by atoms with van der Waals surface area (Å²) in [5, 5.41) is 4.96. The molecule has 2 rings (SSSR count). The number of carbonyl (C=O) groups is 1. The average molecular weight is 266 g/mol. The van der Waals surface area contributed by atoms with Gasteiger partial charge in [0.25, 0.3) is 5.91 Å². The molecule has 1 amide bonds. The van der Waals surface area contributed by atoms with Gasteiger partial charge in [-0.3, -0.25) is 4.79 Å². The van der Waals surface area contributed by atoms with Crippen molar-refractivity contribution in [1.29, 1.82) is 0 Å². The minimum absolute atomic E-state index is 0.0722. The Bertz CT molecular complexity index is 383. The molecule has 0 saturated carbocycles. The van der Waals surface area contributed by atoms with Crippen LogP contribution >= 0.6 is 11.3 Å². The number of rotatable bonds is 5. The third-order valence-corrected chi connectivity index (χ3v) is 4.51. The van der Waals surface area contributed by atoms with E-state index < -0.39 is 0 Å². The fourth-order valence-electron chi connectivity index (χ4n) is 2.30. The van der Waals surface area contributed by atoms with Gasteiger partial charge in [0.15, 0.2) is 0 Å². The lowest BCUT2D eigenvalue weighted by molar-refractivity contribution is 0.0947. The van der Waals surface area contributed by atoms with Crippen molar-refractivity contribution in [2.75, 3.05) is 26.2 Å². The van der Waals surface area contributed by atoms with E-state index in [1.54, 1.807) is 11.3 Å². The number of nitrogens with zero attached hydrogens (tertiary/aromatic N) is 1. The molecule has 0 aliphatic carbocycles. The fourth-order valence-corrected chi connectivity index (χ4v) is 3.11. The van der Waals surface area contributed by atoms with Crippen LogP contribution in [0.5, 0.6) is 0 Å². The van der Waals surface area contributed by atoms with Gasteiger partial charge in [-0.25, -0.2) is 0 Å². The van der Waals surface area contributed by atoms with E-state index in [2.05, 4.69) is 17.1 Å². The minimum atomic E-state index is 0.0722. The molecule has 18 heavy (non-hydrogen) atoms. The van der Waals surface area contributed by atoms with E-state index >= 15 is 0 Å². The molecule has 1 aliphatic heterocycles. The van der Waals surface area contributed by atoms with Crippen molar-refractivity contribution in [2.24, 2.45) is 0 Å². The Balaban J connectivity index is 1.70. The summed E-state index contributed by atoms with van der Waals surface area (Å²) in [4.78, 5) is 15.6. The van der Waals surface area contributed by atoms with Gasteiger partial charge in [0, 0.05) is 23.3 Å². The van der Waals surface area contributed by atoms with Gasteiger partial charge >= 0.3 is 0 Å². The summed E-state index contributed by atoms with van der Waals surface area (Å²) in [5.74, 6) is 0.0722. The summed E-state index contributed by atoms with van der Waals surface area (Å²) >= 11 is 1.67. The summed E-state index contributed by atoms with van der Waals surface area (Å²) in [6.07, 6.45) is 4.97. The average Bonchev–Trinajstić information content (AvgIpc) is 2.89. The molecular weight excluding hydrogens is 244 g/mol. The van der Waals surface area contributed by atoms with Gasteiger partial charge < -0.3 is 10.2 Å². The SMILES string of the molecule is CCc1cc(C(=O)NCCN2CCCCC2)cs1. The van der Waals surface area contributed by atoms with Crippen molar-refractivity contribution in [1.82, 2.24) is 10.2 Å². The first-order valence-corrected chi connectivity index (χ1v) is 7.75. The lowest BCUT2D eigenvalue weighted by Gasteiger charge is -2.26. The van der Waals surface area contributed by atoms with Crippen molar-refractivity contribution in [3.63, 3.8) is 0 Å². The van der Waals surface area contributed by atoms with Gasteiger partial charge in [0.2, 0.25) is 0 Å². The predicted molar refractivity (Wildman–Crippen MR) is 76.3 cm³/mol. The molecule has 3 nitrogen and oxygen atoms in total. The van der Waals surface area contributed by atoms with Crippen molar-refractivity contribution < 1.29 is 4.79 Å². The highest BCUT2D eigenvalue weighted by molar-refractivity contribution is 7.10. The zero-order valence-corrected chi connectivity index (χ0v) is 11.9. The number of likely N-dealkylation sites (tertiary alicyclic amines) is 1. The predicted octanol–water partition coefficient (Wildman–Crippen LogP) is 2.53. The zero-order valence-electron chi connectivity index (χ0n) is 11.1. The Hall–Kier alpha value is -0.870. The van der Waals surface area contributed by atoms with Crippen LogP contribution in [0.4, 0.5) is 0 Å². The summed E-state index contributed by atoms with van der Waals surface area (Å²) in [7, 11) is 0. The molecule has 1 fully saturated rings. The van der Waals surface area contributed by atoms with Gasteiger partial charge in [0.05, 0.1) is 5.56 Å². The van der Waals surface area contributed by atoms with E-state index in [1.807, 2.05) is 11.4 Å². The van der Waals surface area contributed by atoms with Crippen molar-refractivity contribution >= 4 is 17.2 Å². The lowest BCUT2D eigenvalue weighted by atomic mass is 10.1. The third-order valence-electron chi connectivity index (χ3n) is 3.43. The van der Waals surface area contributed by atoms with E-state index in [9.17, 15) is 4.79 Å². The second-order valence-electron chi connectivity index (χ2n) is 4.81. The molecule has 100 valence electrons. The van der Waals surface area contributed by atoms with Crippen molar-refractivity contribution in [3.8, 4) is 0 Å². The number of hydrogen-bond donors (Lipinski definition) is 1. The maximum atomic E-state index is 11.9. The smallest absolute Gasteiger partial charge is 0.252 e. The van der Waals surface area contributed by atoms with Gasteiger partial charge in [-0.1, -0.05) is 13.3 Å². The van der Waals surface area contributed by atoms with Crippen LogP contribution in [0.3, 0.4) is 0 Å². The van der Waals surface area contributed by atoms with Gasteiger partial charge in [-0.2, -0.15) is 0 Å². The monoisotopic (exact) mass is 266 g/mol. The highest BCUT2D eigenvalue weighted by Crippen LogP contribution is 2.14. The molecule has 0 spiro atoms. The van der Waals surface area contributed by atoms with Crippen LogP contribution in [-0.4, -0.2) is 37.0 Å². The number of aryl methyl sites for hydroxylation is 1. The third kappa shape index (κ3) is 3.82.